The van der Waals surface area contributed by atoms with Crippen LogP contribution < -0.4 is 0 Å². The molecule has 69 heavy (non-hydrogen) atoms. The van der Waals surface area contributed by atoms with Gasteiger partial charge in [0, 0.05) is 25.6 Å². The molecule has 0 amide bonds. The van der Waals surface area contributed by atoms with Gasteiger partial charge in [0.2, 0.25) is 0 Å². The van der Waals surface area contributed by atoms with Crippen LogP contribution in [0.1, 0.15) is 11.1 Å². The van der Waals surface area contributed by atoms with E-state index in [4.69, 9.17) is 0 Å². The van der Waals surface area contributed by atoms with Gasteiger partial charge in [0.1, 0.15) is 0 Å². The first-order valence-electron chi connectivity index (χ1n) is 24.2. The minimum Gasteiger partial charge on any atom is -0.134 e. The molecule has 1 heterocycles. The van der Waals surface area contributed by atoms with Crippen LogP contribution in [0.2, 0.25) is 0 Å². The van der Waals surface area contributed by atoms with Crippen molar-refractivity contribution < 1.29 is 0 Å². The zero-order valence-corrected chi connectivity index (χ0v) is 38.6. The van der Waals surface area contributed by atoms with E-state index in [-0.39, 0.29) is 0 Å². The van der Waals surface area contributed by atoms with Gasteiger partial charge in [-0.3, -0.25) is 0 Å². The summed E-state index contributed by atoms with van der Waals surface area (Å²) in [6.07, 6.45) is 2.16. The highest BCUT2D eigenvalue weighted by Crippen LogP contribution is 2.54. The smallest absolute Gasteiger partial charge is 0.0440 e. The second-order valence-corrected chi connectivity index (χ2v) is 19.9. The summed E-state index contributed by atoms with van der Waals surface area (Å²) in [6.45, 7) is 0. The molecular formula is C68H42S. The summed E-state index contributed by atoms with van der Waals surface area (Å²) in [4.78, 5) is 0. The predicted octanol–water partition coefficient (Wildman–Crippen LogP) is 19.4. The van der Waals surface area contributed by atoms with Crippen LogP contribution in [0.15, 0.2) is 231 Å². The van der Waals surface area contributed by atoms with Crippen molar-refractivity contribution in [1.29, 1.82) is 0 Å². The summed E-state index contributed by atoms with van der Waals surface area (Å²) in [5.74, 6) is 0. The molecule has 0 bridgehead atoms. The maximum atomic E-state index is 2.50. The topological polar surface area (TPSA) is 0 Å². The molecule has 0 N–H and O–H groups in total. The summed E-state index contributed by atoms with van der Waals surface area (Å²) in [5.41, 5.74) is 15.8. The zero-order chi connectivity index (χ0) is 45.2. The highest BCUT2D eigenvalue weighted by atomic mass is 32.1. The molecule has 1 aliphatic rings. The number of hydrogen-bond acceptors (Lipinski definition) is 1. The Morgan fingerprint density at radius 1 is 0.275 bits per heavy atom. The molecule has 13 aromatic carbocycles. The van der Waals surface area contributed by atoms with E-state index in [1.165, 1.54) is 152 Å². The molecule has 0 fully saturated rings. The van der Waals surface area contributed by atoms with E-state index < -0.39 is 0 Å². The Hall–Kier alpha value is -8.36. The molecular weight excluding hydrogens is 849 g/mol. The molecule has 0 unspecified atom stereocenters. The van der Waals surface area contributed by atoms with Crippen molar-refractivity contribution in [2.45, 2.75) is 12.8 Å². The van der Waals surface area contributed by atoms with Gasteiger partial charge < -0.3 is 0 Å². The first-order valence-corrected chi connectivity index (χ1v) is 25.0. The summed E-state index contributed by atoms with van der Waals surface area (Å²) in [7, 11) is 0. The number of rotatable bonds is 5. The lowest BCUT2D eigenvalue weighted by Gasteiger charge is -2.21. The lowest BCUT2D eigenvalue weighted by molar-refractivity contribution is 1.03. The molecule has 0 saturated carbocycles. The second-order valence-electron chi connectivity index (χ2n) is 18.9. The van der Waals surface area contributed by atoms with Gasteiger partial charge in [0.05, 0.1) is 0 Å². The summed E-state index contributed by atoms with van der Waals surface area (Å²) in [6, 6.07) is 86.6. The van der Waals surface area contributed by atoms with Crippen LogP contribution in [0, 0.1) is 0 Å². The van der Waals surface area contributed by atoms with Crippen LogP contribution in [0.4, 0.5) is 0 Å². The molecule has 15 rings (SSSR count). The molecule has 1 aromatic heterocycles. The van der Waals surface area contributed by atoms with Gasteiger partial charge in [-0.1, -0.05) is 212 Å². The van der Waals surface area contributed by atoms with E-state index in [2.05, 4.69) is 231 Å². The average Bonchev–Trinajstić information content (AvgIpc) is 4.03. The van der Waals surface area contributed by atoms with Crippen LogP contribution in [-0.4, -0.2) is 0 Å². The van der Waals surface area contributed by atoms with Crippen LogP contribution in [0.25, 0.3) is 140 Å². The van der Waals surface area contributed by atoms with E-state index in [1.54, 1.807) is 0 Å². The quantitative estimate of drug-likeness (QED) is 0.119. The fourth-order valence-electron chi connectivity index (χ4n) is 12.5. The number of aryl methyl sites for hydroxylation is 2. The fourth-order valence-corrected chi connectivity index (χ4v) is 13.8. The summed E-state index contributed by atoms with van der Waals surface area (Å²) in [5, 5.41) is 18.3. The third kappa shape index (κ3) is 5.69. The van der Waals surface area contributed by atoms with E-state index in [0.717, 1.165) is 12.8 Å². The molecule has 0 atom stereocenters. The third-order valence-electron chi connectivity index (χ3n) is 15.3. The molecule has 1 heteroatoms. The Morgan fingerprint density at radius 2 is 0.797 bits per heavy atom. The van der Waals surface area contributed by atoms with Gasteiger partial charge in [-0.25, -0.2) is 0 Å². The molecule has 1 aliphatic carbocycles. The third-order valence-corrected chi connectivity index (χ3v) is 16.5. The van der Waals surface area contributed by atoms with E-state index in [1.807, 2.05) is 11.3 Å². The van der Waals surface area contributed by atoms with Crippen LogP contribution in [-0.2, 0) is 12.8 Å². The summed E-state index contributed by atoms with van der Waals surface area (Å²) < 4.78 is 2.71. The summed E-state index contributed by atoms with van der Waals surface area (Å²) >= 11 is 1.97. The number of benzene rings is 13. The van der Waals surface area contributed by atoms with Crippen molar-refractivity contribution in [3.8, 4) is 55.6 Å². The zero-order valence-electron chi connectivity index (χ0n) is 37.8. The molecule has 0 aliphatic heterocycles. The Bertz CT molecular complexity index is 4400. The first-order chi connectivity index (χ1) is 34.3. The average molecular weight is 891 g/mol. The van der Waals surface area contributed by atoms with E-state index >= 15 is 0 Å². The van der Waals surface area contributed by atoms with Gasteiger partial charge in [-0.2, -0.15) is 0 Å². The molecule has 0 saturated heterocycles. The molecule has 14 aromatic rings. The van der Waals surface area contributed by atoms with E-state index in [9.17, 15) is 0 Å². The minimum atomic E-state index is 1.07. The molecule has 0 spiro atoms. The van der Waals surface area contributed by atoms with Crippen molar-refractivity contribution in [2.75, 3.05) is 0 Å². The van der Waals surface area contributed by atoms with Crippen LogP contribution >= 0.6 is 11.3 Å². The molecule has 0 nitrogen and oxygen atoms in total. The maximum Gasteiger partial charge on any atom is 0.0440 e. The number of hydrogen-bond donors (Lipinski definition) is 0. The lowest BCUT2D eigenvalue weighted by Crippen LogP contribution is -1.93. The first kappa shape index (κ1) is 38.7. The van der Waals surface area contributed by atoms with Gasteiger partial charge in [0.15, 0.2) is 0 Å². The monoisotopic (exact) mass is 890 g/mol. The Balaban J connectivity index is 1.00. The molecule has 0 radical (unpaired) electrons. The fraction of sp³-hybridized carbons (Fsp3) is 0.0294. The maximum absolute atomic E-state index is 2.50. The number of fused-ring (bicyclic) bond motifs is 10. The van der Waals surface area contributed by atoms with Crippen molar-refractivity contribution in [3.63, 3.8) is 0 Å². The highest BCUT2D eigenvalue weighted by Gasteiger charge is 2.27. The van der Waals surface area contributed by atoms with Gasteiger partial charge in [0.25, 0.3) is 0 Å². The Labute approximate surface area is 404 Å². The van der Waals surface area contributed by atoms with Crippen molar-refractivity contribution in [2.24, 2.45) is 0 Å². The van der Waals surface area contributed by atoms with Gasteiger partial charge in [-0.05, 0) is 157 Å². The second kappa shape index (κ2) is 15.1. The van der Waals surface area contributed by atoms with Gasteiger partial charge >= 0.3 is 0 Å². The van der Waals surface area contributed by atoms with E-state index in [0.29, 0.717) is 0 Å². The lowest BCUT2D eigenvalue weighted by atomic mass is 9.82. The van der Waals surface area contributed by atoms with Crippen molar-refractivity contribution in [3.05, 3.63) is 242 Å². The van der Waals surface area contributed by atoms with Crippen molar-refractivity contribution in [1.82, 2.24) is 0 Å². The largest absolute Gasteiger partial charge is 0.134 e. The standard InChI is InChI=1S/C68H42S/c1-3-18-41(19-4-1)59-39-45(40-61-66(59)67-63(42-20-5-2-6-21-42)57-35-34-43-23-17-33-58(62(43)57)68(67)69-61)47-36-37-56(50-27-11-9-26-49(47)50)64-52-29-13-15-31-54(52)65(55-32-16-14-30-53(55)64)60-38-44-22-7-8-24-46(44)48-25-10-12-28-51(48)60/h1-33,36-40H,34-35H2. The van der Waals surface area contributed by atoms with Crippen LogP contribution in [0.3, 0.4) is 0 Å². The Morgan fingerprint density at radius 3 is 1.48 bits per heavy atom. The number of thiophene rings is 1. The van der Waals surface area contributed by atoms with Gasteiger partial charge in [-0.15, -0.1) is 11.3 Å². The molecule has 320 valence electrons. The normalized spacial score (nSPS) is 12.5. The SMILES string of the molecule is c1ccc(-c2cc(-c3ccc(-c4c5ccccc5c(-c5cc6ccccc6c6ccccc56)c5ccccc45)c4ccccc34)cc3sc4c5cccc6c5c(c(-c5ccccc5)c4c23)CC6)cc1. The van der Waals surface area contributed by atoms with Crippen LogP contribution in [0.5, 0.6) is 0 Å². The minimum absolute atomic E-state index is 1.07. The predicted molar refractivity (Wildman–Crippen MR) is 299 cm³/mol. The Kier molecular flexibility index (Phi) is 8.46. The highest BCUT2D eigenvalue weighted by molar-refractivity contribution is 7.27. The van der Waals surface area contributed by atoms with Crippen molar-refractivity contribution >= 4 is 96.1 Å².